The van der Waals surface area contributed by atoms with Crippen LogP contribution in [0.4, 0.5) is 0 Å². The normalized spacial score (nSPS) is 19.9. The lowest BCUT2D eigenvalue weighted by atomic mass is 10.1. The van der Waals surface area contributed by atoms with E-state index in [1.165, 1.54) is 4.90 Å². The standard InChI is InChI=1S/C12H13NO2/c1-2-8-13-11(14)9-6-4-3-5-7-10(9)12(13)15/h3-6H,2,7-8H2,1H3. The predicted octanol–water partition coefficient (Wildman–Crippen LogP) is 1.58. The molecule has 1 aliphatic carbocycles. The number of rotatable bonds is 2. The molecule has 0 N–H and O–H groups in total. The highest BCUT2D eigenvalue weighted by molar-refractivity contribution is 6.20. The molecule has 0 aromatic heterocycles. The van der Waals surface area contributed by atoms with Crippen LogP contribution < -0.4 is 0 Å². The molecule has 0 atom stereocenters. The van der Waals surface area contributed by atoms with Crippen molar-refractivity contribution in [2.24, 2.45) is 0 Å². The molecule has 0 unspecified atom stereocenters. The molecule has 2 rings (SSSR count). The molecule has 0 saturated carbocycles. The van der Waals surface area contributed by atoms with Gasteiger partial charge in [-0.2, -0.15) is 0 Å². The summed E-state index contributed by atoms with van der Waals surface area (Å²) in [6.07, 6.45) is 8.67. The van der Waals surface area contributed by atoms with E-state index in [1.54, 1.807) is 6.08 Å². The average Bonchev–Trinajstić information content (AvgIpc) is 2.47. The summed E-state index contributed by atoms with van der Waals surface area (Å²) in [5.41, 5.74) is 1.21. The summed E-state index contributed by atoms with van der Waals surface area (Å²) in [7, 11) is 0. The number of carbonyl (C=O) groups is 2. The Bertz CT molecular complexity index is 402. The van der Waals surface area contributed by atoms with Gasteiger partial charge in [0, 0.05) is 17.7 Å². The fourth-order valence-electron chi connectivity index (χ4n) is 1.86. The van der Waals surface area contributed by atoms with Gasteiger partial charge in [-0.25, -0.2) is 0 Å². The van der Waals surface area contributed by atoms with Crippen molar-refractivity contribution in [2.45, 2.75) is 19.8 Å². The van der Waals surface area contributed by atoms with Crippen molar-refractivity contribution in [3.63, 3.8) is 0 Å². The number of imide groups is 1. The van der Waals surface area contributed by atoms with Gasteiger partial charge in [0.05, 0.1) is 0 Å². The van der Waals surface area contributed by atoms with Crippen molar-refractivity contribution in [1.29, 1.82) is 0 Å². The van der Waals surface area contributed by atoms with E-state index in [4.69, 9.17) is 0 Å². The number of hydrogen-bond acceptors (Lipinski definition) is 2. The second-order valence-corrected chi connectivity index (χ2v) is 3.65. The highest BCUT2D eigenvalue weighted by Crippen LogP contribution is 2.26. The minimum atomic E-state index is -0.142. The van der Waals surface area contributed by atoms with Crippen LogP contribution in [0.5, 0.6) is 0 Å². The molecule has 15 heavy (non-hydrogen) atoms. The molecule has 3 nitrogen and oxygen atoms in total. The molecule has 0 aromatic rings. The van der Waals surface area contributed by atoms with Gasteiger partial charge < -0.3 is 0 Å². The van der Waals surface area contributed by atoms with Crippen LogP contribution in [0.2, 0.25) is 0 Å². The topological polar surface area (TPSA) is 37.4 Å². The molecule has 0 bridgehead atoms. The number of allylic oxidation sites excluding steroid dienone is 3. The maximum Gasteiger partial charge on any atom is 0.261 e. The minimum absolute atomic E-state index is 0.118. The van der Waals surface area contributed by atoms with Crippen LogP contribution in [0, 0.1) is 0 Å². The highest BCUT2D eigenvalue weighted by atomic mass is 16.2. The van der Waals surface area contributed by atoms with E-state index in [1.807, 2.05) is 25.2 Å². The van der Waals surface area contributed by atoms with Gasteiger partial charge in [0.25, 0.3) is 11.8 Å². The maximum absolute atomic E-state index is 11.9. The average molecular weight is 203 g/mol. The van der Waals surface area contributed by atoms with Crippen molar-refractivity contribution in [3.05, 3.63) is 35.5 Å². The lowest BCUT2D eigenvalue weighted by Crippen LogP contribution is -2.32. The largest absolute Gasteiger partial charge is 0.275 e. The molecular weight excluding hydrogens is 190 g/mol. The van der Waals surface area contributed by atoms with Crippen LogP contribution in [0.25, 0.3) is 0 Å². The lowest BCUT2D eigenvalue weighted by Gasteiger charge is -2.13. The molecule has 3 heteroatoms. The van der Waals surface area contributed by atoms with E-state index in [0.717, 1.165) is 6.42 Å². The van der Waals surface area contributed by atoms with Gasteiger partial charge >= 0.3 is 0 Å². The van der Waals surface area contributed by atoms with Crippen molar-refractivity contribution in [1.82, 2.24) is 4.90 Å². The Balaban J connectivity index is 2.34. The zero-order valence-electron chi connectivity index (χ0n) is 8.69. The van der Waals surface area contributed by atoms with E-state index in [9.17, 15) is 9.59 Å². The Hall–Kier alpha value is -1.64. The zero-order chi connectivity index (χ0) is 10.8. The smallest absolute Gasteiger partial charge is 0.261 e. The summed E-state index contributed by atoms with van der Waals surface area (Å²) in [5.74, 6) is -0.259. The summed E-state index contributed by atoms with van der Waals surface area (Å²) in [5, 5.41) is 0. The molecule has 78 valence electrons. The number of amides is 2. The molecule has 0 fully saturated rings. The Kier molecular flexibility index (Phi) is 2.54. The molecule has 0 saturated heterocycles. The van der Waals surface area contributed by atoms with E-state index < -0.39 is 0 Å². The van der Waals surface area contributed by atoms with E-state index in [-0.39, 0.29) is 11.8 Å². The SMILES string of the molecule is CCCN1C(=O)C2=C(CC=CC=C2)C1=O. The second kappa shape index (κ2) is 3.85. The van der Waals surface area contributed by atoms with Crippen LogP contribution in [0.1, 0.15) is 19.8 Å². The van der Waals surface area contributed by atoms with Gasteiger partial charge in [-0.15, -0.1) is 0 Å². The predicted molar refractivity (Wildman–Crippen MR) is 56.9 cm³/mol. The van der Waals surface area contributed by atoms with Crippen LogP contribution in [0.3, 0.4) is 0 Å². The first kappa shape index (κ1) is 9.90. The Morgan fingerprint density at radius 2 is 2.07 bits per heavy atom. The van der Waals surface area contributed by atoms with Crippen LogP contribution in [-0.2, 0) is 9.59 Å². The van der Waals surface area contributed by atoms with Crippen LogP contribution in [-0.4, -0.2) is 23.3 Å². The molecule has 2 amide bonds. The van der Waals surface area contributed by atoms with Crippen molar-refractivity contribution in [2.75, 3.05) is 6.54 Å². The number of carbonyl (C=O) groups excluding carboxylic acids is 2. The maximum atomic E-state index is 11.9. The minimum Gasteiger partial charge on any atom is -0.275 e. The highest BCUT2D eigenvalue weighted by Gasteiger charge is 2.35. The van der Waals surface area contributed by atoms with Crippen molar-refractivity contribution >= 4 is 11.8 Å². The van der Waals surface area contributed by atoms with Crippen LogP contribution in [0.15, 0.2) is 35.5 Å². The summed E-state index contributed by atoms with van der Waals surface area (Å²) >= 11 is 0. The summed E-state index contributed by atoms with van der Waals surface area (Å²) in [4.78, 5) is 25.1. The Labute approximate surface area is 88.8 Å². The van der Waals surface area contributed by atoms with Gasteiger partial charge in [-0.05, 0) is 18.9 Å². The zero-order valence-corrected chi connectivity index (χ0v) is 8.69. The third-order valence-electron chi connectivity index (χ3n) is 2.58. The van der Waals surface area contributed by atoms with Gasteiger partial charge in [-0.3, -0.25) is 14.5 Å². The fourth-order valence-corrected chi connectivity index (χ4v) is 1.86. The third-order valence-corrected chi connectivity index (χ3v) is 2.58. The van der Waals surface area contributed by atoms with Gasteiger partial charge in [0.15, 0.2) is 0 Å². The summed E-state index contributed by atoms with van der Waals surface area (Å²) in [6.45, 7) is 2.47. The monoisotopic (exact) mass is 203 g/mol. The molecule has 0 spiro atoms. The first-order valence-electron chi connectivity index (χ1n) is 5.18. The summed E-state index contributed by atoms with van der Waals surface area (Å²) < 4.78 is 0. The molecule has 2 aliphatic rings. The third kappa shape index (κ3) is 1.54. The van der Waals surface area contributed by atoms with E-state index in [0.29, 0.717) is 24.1 Å². The molecule has 0 aromatic carbocycles. The molecular formula is C12H13NO2. The first-order valence-corrected chi connectivity index (χ1v) is 5.18. The fraction of sp³-hybridized carbons (Fsp3) is 0.333. The van der Waals surface area contributed by atoms with Crippen LogP contribution >= 0.6 is 0 Å². The van der Waals surface area contributed by atoms with Crippen molar-refractivity contribution < 1.29 is 9.59 Å². The second-order valence-electron chi connectivity index (χ2n) is 3.65. The van der Waals surface area contributed by atoms with Gasteiger partial charge in [0.1, 0.15) is 0 Å². The van der Waals surface area contributed by atoms with Crippen molar-refractivity contribution in [3.8, 4) is 0 Å². The Morgan fingerprint density at radius 3 is 2.80 bits per heavy atom. The quantitative estimate of drug-likeness (QED) is 0.639. The summed E-state index contributed by atoms with van der Waals surface area (Å²) in [6, 6.07) is 0. The lowest BCUT2D eigenvalue weighted by molar-refractivity contribution is -0.137. The molecule has 1 aliphatic heterocycles. The van der Waals surface area contributed by atoms with Gasteiger partial charge in [0.2, 0.25) is 0 Å². The number of hydrogen-bond donors (Lipinski definition) is 0. The first-order chi connectivity index (χ1) is 7.25. The molecule has 1 heterocycles. The molecule has 0 radical (unpaired) electrons. The van der Waals surface area contributed by atoms with E-state index in [2.05, 4.69) is 0 Å². The Morgan fingerprint density at radius 1 is 1.27 bits per heavy atom. The van der Waals surface area contributed by atoms with E-state index >= 15 is 0 Å². The number of nitrogens with zero attached hydrogens (tertiary/aromatic N) is 1. The van der Waals surface area contributed by atoms with Gasteiger partial charge in [-0.1, -0.05) is 25.2 Å².